The molecule has 3 N–H and O–H groups in total. The van der Waals surface area contributed by atoms with Gasteiger partial charge in [0.15, 0.2) is 0 Å². The minimum absolute atomic E-state index is 0.171. The topological polar surface area (TPSA) is 92.5 Å². The van der Waals surface area contributed by atoms with Gasteiger partial charge in [0.25, 0.3) is 17.7 Å². The standard InChI is InChI=1S/C20H21N3O3/c1-13(12-21)22-18(24)15-7-8-16-17(11-15)20(26)23(19(16)25)10-9-14-5-3-2-4-6-14/h2-8,11,13H,9-10,12,21H2,1H3,(H,22,24)/t13-/m0/s1. The van der Waals surface area contributed by atoms with Crippen molar-refractivity contribution in [1.82, 2.24) is 10.2 Å². The maximum absolute atomic E-state index is 12.6. The second kappa shape index (κ2) is 7.49. The molecule has 26 heavy (non-hydrogen) atoms. The van der Waals surface area contributed by atoms with Gasteiger partial charge in [-0.25, -0.2) is 0 Å². The summed E-state index contributed by atoms with van der Waals surface area (Å²) < 4.78 is 0. The van der Waals surface area contributed by atoms with Gasteiger partial charge < -0.3 is 11.1 Å². The van der Waals surface area contributed by atoms with Crippen molar-refractivity contribution in [2.24, 2.45) is 5.73 Å². The number of hydrogen-bond donors (Lipinski definition) is 2. The van der Waals surface area contributed by atoms with Crippen LogP contribution in [0.4, 0.5) is 0 Å². The van der Waals surface area contributed by atoms with Crippen LogP contribution < -0.4 is 11.1 Å². The molecule has 0 saturated heterocycles. The highest BCUT2D eigenvalue weighted by Crippen LogP contribution is 2.24. The summed E-state index contributed by atoms with van der Waals surface area (Å²) >= 11 is 0. The highest BCUT2D eigenvalue weighted by atomic mass is 16.2. The van der Waals surface area contributed by atoms with E-state index in [0.29, 0.717) is 30.6 Å². The Morgan fingerprint density at radius 1 is 1.08 bits per heavy atom. The lowest BCUT2D eigenvalue weighted by atomic mass is 10.1. The zero-order chi connectivity index (χ0) is 18.7. The lowest BCUT2D eigenvalue weighted by molar-refractivity contribution is 0.0656. The average Bonchev–Trinajstić information content (AvgIpc) is 2.90. The maximum atomic E-state index is 12.6. The summed E-state index contributed by atoms with van der Waals surface area (Å²) in [5.74, 6) is -0.987. The second-order valence-corrected chi connectivity index (χ2v) is 6.37. The molecule has 0 spiro atoms. The van der Waals surface area contributed by atoms with Crippen LogP contribution in [0.1, 0.15) is 43.6 Å². The minimum atomic E-state index is -0.359. The quantitative estimate of drug-likeness (QED) is 0.773. The molecule has 0 bridgehead atoms. The van der Waals surface area contributed by atoms with Crippen molar-refractivity contribution < 1.29 is 14.4 Å². The SMILES string of the molecule is C[C@@H](CN)NC(=O)c1ccc2c(c1)C(=O)N(CCc1ccccc1)C2=O. The van der Waals surface area contributed by atoms with E-state index in [4.69, 9.17) is 5.73 Å². The van der Waals surface area contributed by atoms with Crippen molar-refractivity contribution in [2.75, 3.05) is 13.1 Å². The fourth-order valence-electron chi connectivity index (χ4n) is 2.89. The Morgan fingerprint density at radius 2 is 1.77 bits per heavy atom. The molecule has 3 rings (SSSR count). The van der Waals surface area contributed by atoms with Gasteiger partial charge in [0.2, 0.25) is 0 Å². The molecule has 6 heteroatoms. The summed E-state index contributed by atoms with van der Waals surface area (Å²) in [6.45, 7) is 2.43. The van der Waals surface area contributed by atoms with Crippen LogP contribution in [0, 0.1) is 0 Å². The van der Waals surface area contributed by atoms with E-state index >= 15 is 0 Å². The number of benzene rings is 2. The van der Waals surface area contributed by atoms with Gasteiger partial charge in [-0.05, 0) is 37.1 Å². The first-order valence-corrected chi connectivity index (χ1v) is 8.56. The molecular formula is C20H21N3O3. The molecule has 0 radical (unpaired) electrons. The van der Waals surface area contributed by atoms with Crippen LogP contribution in [0.3, 0.4) is 0 Å². The first kappa shape index (κ1) is 17.8. The van der Waals surface area contributed by atoms with Crippen LogP contribution in [0.25, 0.3) is 0 Å². The Bertz CT molecular complexity index is 849. The summed E-state index contributed by atoms with van der Waals surface area (Å²) in [4.78, 5) is 38.6. The molecule has 1 heterocycles. The smallest absolute Gasteiger partial charge is 0.261 e. The summed E-state index contributed by atoms with van der Waals surface area (Å²) in [7, 11) is 0. The molecule has 1 aliphatic heterocycles. The fraction of sp³-hybridized carbons (Fsp3) is 0.250. The maximum Gasteiger partial charge on any atom is 0.261 e. The van der Waals surface area contributed by atoms with Gasteiger partial charge in [0, 0.05) is 24.7 Å². The first-order chi connectivity index (χ1) is 12.5. The Morgan fingerprint density at radius 3 is 2.46 bits per heavy atom. The van der Waals surface area contributed by atoms with E-state index in [9.17, 15) is 14.4 Å². The number of nitrogens with zero attached hydrogens (tertiary/aromatic N) is 1. The number of rotatable bonds is 6. The summed E-state index contributed by atoms with van der Waals surface area (Å²) in [5, 5.41) is 2.75. The van der Waals surface area contributed by atoms with E-state index in [1.54, 1.807) is 19.1 Å². The number of nitrogens with two attached hydrogens (primary N) is 1. The summed E-state index contributed by atoms with van der Waals surface area (Å²) in [6.07, 6.45) is 0.591. The van der Waals surface area contributed by atoms with Crippen LogP contribution in [0.15, 0.2) is 48.5 Å². The Hall–Kier alpha value is -2.99. The molecule has 0 unspecified atom stereocenters. The van der Waals surface area contributed by atoms with E-state index in [1.807, 2.05) is 30.3 Å². The molecule has 134 valence electrons. The number of nitrogens with one attached hydrogen (secondary N) is 1. The highest BCUT2D eigenvalue weighted by molar-refractivity contribution is 6.22. The van der Waals surface area contributed by atoms with Gasteiger partial charge in [0.1, 0.15) is 0 Å². The third kappa shape index (κ3) is 3.50. The van der Waals surface area contributed by atoms with Gasteiger partial charge in [-0.3, -0.25) is 19.3 Å². The van der Waals surface area contributed by atoms with Crippen molar-refractivity contribution in [2.45, 2.75) is 19.4 Å². The monoisotopic (exact) mass is 351 g/mol. The molecule has 0 saturated carbocycles. The molecule has 1 atom stereocenters. The van der Waals surface area contributed by atoms with Crippen molar-refractivity contribution in [1.29, 1.82) is 0 Å². The normalized spacial score (nSPS) is 14.3. The van der Waals surface area contributed by atoms with Gasteiger partial charge in [-0.2, -0.15) is 0 Å². The van der Waals surface area contributed by atoms with E-state index in [2.05, 4.69) is 5.32 Å². The molecule has 6 nitrogen and oxygen atoms in total. The van der Waals surface area contributed by atoms with Crippen LogP contribution in [0.2, 0.25) is 0 Å². The summed E-state index contributed by atoms with van der Waals surface area (Å²) in [5.41, 5.74) is 7.52. The molecule has 0 fully saturated rings. The number of hydrogen-bond acceptors (Lipinski definition) is 4. The van der Waals surface area contributed by atoms with Crippen molar-refractivity contribution in [3.05, 3.63) is 70.8 Å². The largest absolute Gasteiger partial charge is 0.348 e. The molecule has 0 aliphatic carbocycles. The number of fused-ring (bicyclic) bond motifs is 1. The van der Waals surface area contributed by atoms with Crippen LogP contribution >= 0.6 is 0 Å². The van der Waals surface area contributed by atoms with E-state index < -0.39 is 0 Å². The van der Waals surface area contributed by atoms with Gasteiger partial charge in [-0.15, -0.1) is 0 Å². The molecule has 1 aliphatic rings. The van der Waals surface area contributed by atoms with Crippen molar-refractivity contribution >= 4 is 17.7 Å². The Kier molecular flexibility index (Phi) is 5.14. The molecular weight excluding hydrogens is 330 g/mol. The zero-order valence-electron chi connectivity index (χ0n) is 14.6. The van der Waals surface area contributed by atoms with Gasteiger partial charge in [0.05, 0.1) is 11.1 Å². The first-order valence-electron chi connectivity index (χ1n) is 8.56. The molecule has 0 aromatic heterocycles. The Labute approximate surface area is 152 Å². The van der Waals surface area contributed by atoms with E-state index in [-0.39, 0.29) is 29.3 Å². The lowest BCUT2D eigenvalue weighted by Gasteiger charge is -2.13. The number of carbonyl (C=O) groups is 3. The predicted octanol–water partition coefficient (Wildman–Crippen LogP) is 1.60. The second-order valence-electron chi connectivity index (χ2n) is 6.37. The molecule has 2 aromatic carbocycles. The highest BCUT2D eigenvalue weighted by Gasteiger charge is 2.35. The third-order valence-electron chi connectivity index (χ3n) is 4.43. The number of carbonyl (C=O) groups excluding carboxylic acids is 3. The zero-order valence-corrected chi connectivity index (χ0v) is 14.6. The van der Waals surface area contributed by atoms with Gasteiger partial charge >= 0.3 is 0 Å². The predicted molar refractivity (Wildman–Crippen MR) is 97.9 cm³/mol. The van der Waals surface area contributed by atoms with Crippen LogP contribution in [-0.4, -0.2) is 41.8 Å². The van der Waals surface area contributed by atoms with Crippen LogP contribution in [0.5, 0.6) is 0 Å². The third-order valence-corrected chi connectivity index (χ3v) is 4.43. The summed E-state index contributed by atoms with van der Waals surface area (Å²) in [6, 6.07) is 14.1. The van der Waals surface area contributed by atoms with Crippen molar-refractivity contribution in [3.63, 3.8) is 0 Å². The van der Waals surface area contributed by atoms with Crippen LogP contribution in [-0.2, 0) is 6.42 Å². The molecule has 2 aromatic rings. The number of imide groups is 1. The van der Waals surface area contributed by atoms with Crippen molar-refractivity contribution in [3.8, 4) is 0 Å². The van der Waals surface area contributed by atoms with E-state index in [0.717, 1.165) is 5.56 Å². The lowest BCUT2D eigenvalue weighted by Crippen LogP contribution is -2.37. The minimum Gasteiger partial charge on any atom is -0.348 e. The molecule has 3 amide bonds. The average molecular weight is 351 g/mol. The van der Waals surface area contributed by atoms with Gasteiger partial charge in [-0.1, -0.05) is 30.3 Å². The van der Waals surface area contributed by atoms with E-state index in [1.165, 1.54) is 11.0 Å². The fourth-order valence-corrected chi connectivity index (χ4v) is 2.89. The Balaban J connectivity index is 1.76. The number of amides is 3.